The lowest BCUT2D eigenvalue weighted by atomic mass is 10.1. The van der Waals surface area contributed by atoms with Crippen LogP contribution < -0.4 is 20.7 Å². The van der Waals surface area contributed by atoms with Crippen LogP contribution in [0.15, 0.2) is 71.6 Å². The van der Waals surface area contributed by atoms with Gasteiger partial charge in [0.1, 0.15) is 11.8 Å². The molecule has 1 atom stereocenters. The van der Waals surface area contributed by atoms with Gasteiger partial charge in [-0.1, -0.05) is 48.5 Å². The molecule has 3 aromatic carbocycles. The van der Waals surface area contributed by atoms with E-state index >= 15 is 0 Å². The van der Waals surface area contributed by atoms with Crippen molar-refractivity contribution in [1.29, 1.82) is 5.41 Å². The number of sulfonamides is 1. The van der Waals surface area contributed by atoms with E-state index in [0.717, 1.165) is 5.39 Å². The first-order valence-electron chi connectivity index (χ1n) is 10.4. The van der Waals surface area contributed by atoms with Crippen molar-refractivity contribution < 1.29 is 27.9 Å². The average Bonchev–Trinajstić information content (AvgIpc) is 2.81. The minimum absolute atomic E-state index is 0.0306. The van der Waals surface area contributed by atoms with Crippen LogP contribution in [0.25, 0.3) is 10.8 Å². The van der Waals surface area contributed by atoms with Gasteiger partial charge in [0, 0.05) is 11.8 Å². The van der Waals surface area contributed by atoms with Gasteiger partial charge in [-0.05, 0) is 35.6 Å². The molecule has 34 heavy (non-hydrogen) atoms. The Hall–Kier alpha value is -3.67. The van der Waals surface area contributed by atoms with Crippen LogP contribution in [0.4, 0.5) is 0 Å². The second kappa shape index (κ2) is 11.5. The van der Waals surface area contributed by atoms with Gasteiger partial charge >= 0.3 is 5.97 Å². The third kappa shape index (κ3) is 6.91. The molecule has 6 N–H and O–H groups in total. The van der Waals surface area contributed by atoms with E-state index in [1.165, 1.54) is 6.07 Å². The predicted octanol–water partition coefficient (Wildman–Crippen LogP) is 2.00. The van der Waals surface area contributed by atoms with Gasteiger partial charge in [0.2, 0.25) is 16.0 Å². The number of hydroxylamine groups is 1. The third-order valence-electron chi connectivity index (χ3n) is 4.84. The van der Waals surface area contributed by atoms with Crippen LogP contribution in [-0.2, 0) is 26.1 Å². The SMILES string of the molecule is N=C(N)NOCCCOc1ccc(C[C@H](NS(=O)(=O)c2cccc3ccccc23)C(=O)O)cc1. The van der Waals surface area contributed by atoms with Crippen molar-refractivity contribution in [1.82, 2.24) is 10.2 Å². The fourth-order valence-electron chi connectivity index (χ4n) is 3.27. The van der Waals surface area contributed by atoms with Gasteiger partial charge in [0.15, 0.2) is 0 Å². The first-order valence-corrected chi connectivity index (χ1v) is 11.9. The van der Waals surface area contributed by atoms with E-state index < -0.39 is 22.0 Å². The highest BCUT2D eigenvalue weighted by Crippen LogP contribution is 2.23. The molecular formula is C23H26N4O6S. The molecule has 11 heteroatoms. The monoisotopic (exact) mass is 486 g/mol. The molecule has 10 nitrogen and oxygen atoms in total. The summed E-state index contributed by atoms with van der Waals surface area (Å²) in [5.41, 5.74) is 7.95. The second-order valence-electron chi connectivity index (χ2n) is 7.40. The summed E-state index contributed by atoms with van der Waals surface area (Å²) in [6.07, 6.45) is 0.517. The van der Waals surface area contributed by atoms with Crippen LogP contribution >= 0.6 is 0 Å². The van der Waals surface area contributed by atoms with Gasteiger partial charge in [-0.25, -0.2) is 13.9 Å². The van der Waals surface area contributed by atoms with Crippen molar-refractivity contribution in [3.8, 4) is 5.75 Å². The number of rotatable bonds is 12. The van der Waals surface area contributed by atoms with Gasteiger partial charge < -0.3 is 15.6 Å². The maximum absolute atomic E-state index is 13.0. The van der Waals surface area contributed by atoms with E-state index in [1.54, 1.807) is 60.7 Å². The molecule has 0 saturated heterocycles. The van der Waals surface area contributed by atoms with Crippen LogP contribution in [0.3, 0.4) is 0 Å². The summed E-state index contributed by atoms with van der Waals surface area (Å²) in [5, 5.41) is 17.9. The Bertz CT molecular complexity index is 1240. The summed E-state index contributed by atoms with van der Waals surface area (Å²) < 4.78 is 33.9. The molecule has 0 spiro atoms. The number of benzene rings is 3. The number of carboxylic acids is 1. The molecule has 0 aliphatic carbocycles. The summed E-state index contributed by atoms with van der Waals surface area (Å²) in [7, 11) is -4.08. The number of aliphatic carboxylic acids is 1. The molecule has 0 bridgehead atoms. The number of hydrogen-bond donors (Lipinski definition) is 5. The lowest BCUT2D eigenvalue weighted by molar-refractivity contribution is -0.138. The van der Waals surface area contributed by atoms with Crippen LogP contribution in [-0.4, -0.2) is 44.7 Å². The second-order valence-corrected chi connectivity index (χ2v) is 9.09. The molecule has 0 fully saturated rings. The molecule has 3 aromatic rings. The zero-order chi connectivity index (χ0) is 24.6. The third-order valence-corrected chi connectivity index (χ3v) is 6.37. The topological polar surface area (TPSA) is 164 Å². The summed E-state index contributed by atoms with van der Waals surface area (Å²) in [5.74, 6) is -0.981. The standard InChI is InChI=1S/C23H26N4O6S/c24-23(25)26-33-14-4-13-32-18-11-9-16(10-12-18)15-20(22(28)29)27-34(30,31)21-8-3-6-17-5-1-2-7-19(17)21/h1-3,5-12,20,27H,4,13-15H2,(H,28,29)(H4,24,25,26)/t20-/m0/s1. The zero-order valence-corrected chi connectivity index (χ0v) is 19.0. The Morgan fingerprint density at radius 2 is 1.74 bits per heavy atom. The Balaban J connectivity index is 1.61. The van der Waals surface area contributed by atoms with Crippen molar-refractivity contribution in [2.75, 3.05) is 13.2 Å². The van der Waals surface area contributed by atoms with Crippen LogP contribution in [0.5, 0.6) is 5.75 Å². The Morgan fingerprint density at radius 1 is 1.03 bits per heavy atom. The Labute approximate surface area is 197 Å². The molecule has 0 aliphatic heterocycles. The molecule has 0 heterocycles. The fourth-order valence-corrected chi connectivity index (χ4v) is 4.69. The van der Waals surface area contributed by atoms with E-state index in [2.05, 4.69) is 10.2 Å². The van der Waals surface area contributed by atoms with Gasteiger partial charge in [-0.2, -0.15) is 4.72 Å². The maximum atomic E-state index is 13.0. The van der Waals surface area contributed by atoms with Crippen LogP contribution in [0, 0.1) is 5.41 Å². The van der Waals surface area contributed by atoms with E-state index in [9.17, 15) is 18.3 Å². The quantitative estimate of drug-likeness (QED) is 0.112. The molecule has 0 unspecified atom stereocenters. The van der Waals surface area contributed by atoms with Crippen LogP contribution in [0.1, 0.15) is 12.0 Å². The number of nitrogens with one attached hydrogen (secondary N) is 3. The Kier molecular flexibility index (Phi) is 8.41. The van der Waals surface area contributed by atoms with Gasteiger partial charge in [0.25, 0.3) is 0 Å². The van der Waals surface area contributed by atoms with Crippen molar-refractivity contribution in [2.24, 2.45) is 5.73 Å². The first kappa shape index (κ1) is 25.0. The molecule has 3 rings (SSSR count). The molecule has 0 aliphatic rings. The molecule has 180 valence electrons. The average molecular weight is 487 g/mol. The largest absolute Gasteiger partial charge is 0.494 e. The molecule has 0 radical (unpaired) electrons. The fraction of sp³-hybridized carbons (Fsp3) is 0.217. The number of carboxylic acid groups (broad SMARTS) is 1. The highest BCUT2D eigenvalue weighted by atomic mass is 32.2. The van der Waals surface area contributed by atoms with E-state index in [-0.39, 0.29) is 17.3 Å². The number of fused-ring (bicyclic) bond motifs is 1. The summed E-state index contributed by atoms with van der Waals surface area (Å²) >= 11 is 0. The maximum Gasteiger partial charge on any atom is 0.322 e. The highest BCUT2D eigenvalue weighted by molar-refractivity contribution is 7.89. The minimum Gasteiger partial charge on any atom is -0.494 e. The normalized spacial score (nSPS) is 12.2. The minimum atomic E-state index is -4.08. The summed E-state index contributed by atoms with van der Waals surface area (Å²) in [4.78, 5) is 16.8. The molecule has 0 aromatic heterocycles. The van der Waals surface area contributed by atoms with E-state index in [4.69, 9.17) is 20.7 Å². The van der Waals surface area contributed by atoms with Gasteiger partial charge in [0.05, 0.1) is 18.1 Å². The van der Waals surface area contributed by atoms with Gasteiger partial charge in [-0.3, -0.25) is 15.0 Å². The van der Waals surface area contributed by atoms with Crippen molar-refractivity contribution in [2.45, 2.75) is 23.8 Å². The van der Waals surface area contributed by atoms with Gasteiger partial charge in [-0.15, -0.1) is 0 Å². The van der Waals surface area contributed by atoms with Crippen molar-refractivity contribution in [3.63, 3.8) is 0 Å². The molecule has 0 saturated carbocycles. The smallest absolute Gasteiger partial charge is 0.322 e. The predicted molar refractivity (Wildman–Crippen MR) is 127 cm³/mol. The number of carbonyl (C=O) groups is 1. The first-order chi connectivity index (χ1) is 16.3. The van der Waals surface area contributed by atoms with Crippen molar-refractivity contribution in [3.05, 3.63) is 72.3 Å². The number of nitrogens with two attached hydrogens (primary N) is 1. The molecule has 0 amide bonds. The van der Waals surface area contributed by atoms with Crippen LogP contribution in [0.2, 0.25) is 0 Å². The van der Waals surface area contributed by atoms with E-state index in [0.29, 0.717) is 36.3 Å². The zero-order valence-electron chi connectivity index (χ0n) is 18.2. The number of ether oxygens (including phenoxy) is 1. The molecular weight excluding hydrogens is 460 g/mol. The summed E-state index contributed by atoms with van der Waals surface area (Å²) in [6, 6.07) is 17.3. The highest BCUT2D eigenvalue weighted by Gasteiger charge is 2.26. The number of hydrogen-bond acceptors (Lipinski definition) is 6. The summed E-state index contributed by atoms with van der Waals surface area (Å²) in [6.45, 7) is 0.663. The van der Waals surface area contributed by atoms with Crippen molar-refractivity contribution >= 4 is 32.7 Å². The lowest BCUT2D eigenvalue weighted by Crippen LogP contribution is -2.42. The van der Waals surface area contributed by atoms with E-state index in [1.807, 2.05) is 0 Å². The lowest BCUT2D eigenvalue weighted by Gasteiger charge is -2.16. The number of guanidine groups is 1. The Morgan fingerprint density at radius 3 is 2.44 bits per heavy atom.